The van der Waals surface area contributed by atoms with E-state index in [2.05, 4.69) is 21.2 Å². The standard InChI is InChI=1S/C15H21BrN2O3/c1-3-21-15(19)18-6-4-12(5-7-18)17-13-8-11(16)9-14(10-13)20-2/h8-10,12,17H,3-7H2,1-2H3. The average molecular weight is 357 g/mol. The molecular weight excluding hydrogens is 336 g/mol. The largest absolute Gasteiger partial charge is 0.497 e. The van der Waals surface area contributed by atoms with Crippen molar-refractivity contribution >= 4 is 27.7 Å². The van der Waals surface area contributed by atoms with Gasteiger partial charge in [0, 0.05) is 35.4 Å². The summed E-state index contributed by atoms with van der Waals surface area (Å²) in [6.07, 6.45) is 1.61. The molecule has 1 N–H and O–H groups in total. The summed E-state index contributed by atoms with van der Waals surface area (Å²) in [5.41, 5.74) is 1.02. The minimum absolute atomic E-state index is 0.208. The second kappa shape index (κ2) is 7.54. The summed E-state index contributed by atoms with van der Waals surface area (Å²) in [4.78, 5) is 13.4. The zero-order chi connectivity index (χ0) is 15.2. The van der Waals surface area contributed by atoms with E-state index in [-0.39, 0.29) is 6.09 Å². The molecule has 0 unspecified atom stereocenters. The van der Waals surface area contributed by atoms with Crippen molar-refractivity contribution in [3.63, 3.8) is 0 Å². The molecule has 0 bridgehead atoms. The van der Waals surface area contributed by atoms with E-state index in [0.717, 1.165) is 41.8 Å². The van der Waals surface area contributed by atoms with Crippen LogP contribution in [0, 0.1) is 0 Å². The second-order valence-electron chi connectivity index (χ2n) is 4.98. The Hall–Kier alpha value is -1.43. The highest BCUT2D eigenvalue weighted by Gasteiger charge is 2.23. The molecule has 0 atom stereocenters. The first-order chi connectivity index (χ1) is 10.1. The summed E-state index contributed by atoms with van der Waals surface area (Å²) < 4.78 is 11.3. The maximum Gasteiger partial charge on any atom is 0.409 e. The van der Waals surface area contributed by atoms with Gasteiger partial charge in [-0.2, -0.15) is 0 Å². The number of piperidine rings is 1. The van der Waals surface area contributed by atoms with Gasteiger partial charge in [-0.05, 0) is 31.9 Å². The van der Waals surface area contributed by atoms with E-state index < -0.39 is 0 Å². The van der Waals surface area contributed by atoms with Crippen molar-refractivity contribution in [2.45, 2.75) is 25.8 Å². The summed E-state index contributed by atoms with van der Waals surface area (Å²) in [6.45, 7) is 3.70. The van der Waals surface area contributed by atoms with Crippen LogP contribution >= 0.6 is 15.9 Å². The number of halogens is 1. The van der Waals surface area contributed by atoms with Crippen LogP contribution in [0.25, 0.3) is 0 Å². The predicted molar refractivity (Wildman–Crippen MR) is 85.9 cm³/mol. The summed E-state index contributed by atoms with van der Waals surface area (Å²) in [5.74, 6) is 0.816. The molecule has 1 aromatic rings. The Bertz CT molecular complexity index is 488. The smallest absolute Gasteiger partial charge is 0.409 e. The third kappa shape index (κ3) is 4.52. The molecule has 1 amide bonds. The minimum atomic E-state index is -0.208. The molecule has 116 valence electrons. The molecule has 1 aliphatic rings. The Balaban J connectivity index is 1.89. The van der Waals surface area contributed by atoms with Gasteiger partial charge in [0.1, 0.15) is 5.75 Å². The topological polar surface area (TPSA) is 50.8 Å². The molecule has 1 fully saturated rings. The molecular formula is C15H21BrN2O3. The number of methoxy groups -OCH3 is 1. The van der Waals surface area contributed by atoms with Crippen molar-refractivity contribution in [1.82, 2.24) is 4.90 Å². The van der Waals surface area contributed by atoms with E-state index in [1.54, 1.807) is 12.0 Å². The average Bonchev–Trinajstić information content (AvgIpc) is 2.47. The SMILES string of the molecule is CCOC(=O)N1CCC(Nc2cc(Br)cc(OC)c2)CC1. The number of hydrogen-bond donors (Lipinski definition) is 1. The highest BCUT2D eigenvalue weighted by Crippen LogP contribution is 2.26. The number of likely N-dealkylation sites (tertiary alicyclic amines) is 1. The number of rotatable bonds is 4. The van der Waals surface area contributed by atoms with Crippen LogP contribution in [0.3, 0.4) is 0 Å². The summed E-state index contributed by atoms with van der Waals surface area (Å²) in [7, 11) is 1.66. The fourth-order valence-electron chi connectivity index (χ4n) is 2.42. The van der Waals surface area contributed by atoms with Gasteiger partial charge in [0.2, 0.25) is 0 Å². The van der Waals surface area contributed by atoms with Crippen LogP contribution in [0.1, 0.15) is 19.8 Å². The van der Waals surface area contributed by atoms with Crippen molar-refractivity contribution < 1.29 is 14.3 Å². The summed E-state index contributed by atoms with van der Waals surface area (Å²) in [5, 5.41) is 3.50. The Morgan fingerprint density at radius 3 is 2.71 bits per heavy atom. The summed E-state index contributed by atoms with van der Waals surface area (Å²) in [6, 6.07) is 6.28. The van der Waals surface area contributed by atoms with Gasteiger partial charge in [-0.1, -0.05) is 15.9 Å². The quantitative estimate of drug-likeness (QED) is 0.896. The fraction of sp³-hybridized carbons (Fsp3) is 0.533. The number of anilines is 1. The van der Waals surface area contributed by atoms with Crippen molar-refractivity contribution in [1.29, 1.82) is 0 Å². The lowest BCUT2D eigenvalue weighted by Gasteiger charge is -2.32. The van der Waals surface area contributed by atoms with E-state index >= 15 is 0 Å². The Kier molecular flexibility index (Phi) is 5.73. The molecule has 0 aliphatic carbocycles. The molecule has 1 saturated heterocycles. The molecule has 1 aromatic carbocycles. The molecule has 6 heteroatoms. The number of carbonyl (C=O) groups excluding carboxylic acids is 1. The van der Waals surface area contributed by atoms with Gasteiger partial charge in [0.25, 0.3) is 0 Å². The van der Waals surface area contributed by atoms with Crippen molar-refractivity contribution in [3.05, 3.63) is 22.7 Å². The first-order valence-electron chi connectivity index (χ1n) is 7.15. The maximum absolute atomic E-state index is 11.7. The lowest BCUT2D eigenvalue weighted by Crippen LogP contribution is -2.42. The molecule has 0 saturated carbocycles. The van der Waals surface area contributed by atoms with Crippen LogP contribution in [0.2, 0.25) is 0 Å². The number of benzene rings is 1. The second-order valence-corrected chi connectivity index (χ2v) is 5.90. The number of amides is 1. The van der Waals surface area contributed by atoms with E-state index in [1.807, 2.05) is 25.1 Å². The van der Waals surface area contributed by atoms with Crippen LogP contribution in [-0.4, -0.2) is 43.8 Å². The van der Waals surface area contributed by atoms with Gasteiger partial charge in [0.05, 0.1) is 13.7 Å². The van der Waals surface area contributed by atoms with Crippen LogP contribution in [0.5, 0.6) is 5.75 Å². The van der Waals surface area contributed by atoms with Crippen molar-refractivity contribution in [2.75, 3.05) is 32.1 Å². The number of ether oxygens (including phenoxy) is 2. The van der Waals surface area contributed by atoms with Gasteiger partial charge in [-0.3, -0.25) is 0 Å². The van der Waals surface area contributed by atoms with Crippen LogP contribution in [0.15, 0.2) is 22.7 Å². The van der Waals surface area contributed by atoms with E-state index in [9.17, 15) is 4.79 Å². The van der Waals surface area contributed by atoms with Gasteiger partial charge in [0.15, 0.2) is 0 Å². The molecule has 0 spiro atoms. The Morgan fingerprint density at radius 2 is 2.10 bits per heavy atom. The summed E-state index contributed by atoms with van der Waals surface area (Å²) >= 11 is 3.48. The lowest BCUT2D eigenvalue weighted by atomic mass is 10.1. The molecule has 2 rings (SSSR count). The van der Waals surface area contributed by atoms with Crippen LogP contribution < -0.4 is 10.1 Å². The molecule has 1 aliphatic heterocycles. The van der Waals surface area contributed by atoms with Crippen molar-refractivity contribution in [3.8, 4) is 5.75 Å². The highest BCUT2D eigenvalue weighted by atomic mass is 79.9. The highest BCUT2D eigenvalue weighted by molar-refractivity contribution is 9.10. The van der Waals surface area contributed by atoms with Gasteiger partial charge < -0.3 is 19.7 Å². The van der Waals surface area contributed by atoms with E-state index in [1.165, 1.54) is 0 Å². The third-order valence-electron chi connectivity index (χ3n) is 3.50. The zero-order valence-electron chi connectivity index (χ0n) is 12.4. The molecule has 21 heavy (non-hydrogen) atoms. The number of hydrogen-bond acceptors (Lipinski definition) is 4. The zero-order valence-corrected chi connectivity index (χ0v) is 14.0. The van der Waals surface area contributed by atoms with E-state index in [0.29, 0.717) is 12.6 Å². The monoisotopic (exact) mass is 356 g/mol. The predicted octanol–water partition coefficient (Wildman–Crippen LogP) is 3.49. The first kappa shape index (κ1) is 15.9. The molecule has 0 aromatic heterocycles. The van der Waals surface area contributed by atoms with Crippen LogP contribution in [0.4, 0.5) is 10.5 Å². The van der Waals surface area contributed by atoms with E-state index in [4.69, 9.17) is 9.47 Å². The third-order valence-corrected chi connectivity index (χ3v) is 3.96. The van der Waals surface area contributed by atoms with Crippen molar-refractivity contribution in [2.24, 2.45) is 0 Å². The fourth-order valence-corrected chi connectivity index (χ4v) is 2.89. The molecule has 1 heterocycles. The minimum Gasteiger partial charge on any atom is -0.497 e. The Labute approximate surface area is 133 Å². The molecule has 5 nitrogen and oxygen atoms in total. The number of carbonyl (C=O) groups is 1. The maximum atomic E-state index is 11.7. The normalized spacial score (nSPS) is 15.7. The Morgan fingerprint density at radius 1 is 1.38 bits per heavy atom. The lowest BCUT2D eigenvalue weighted by molar-refractivity contribution is 0.0983. The van der Waals surface area contributed by atoms with Gasteiger partial charge in [-0.25, -0.2) is 4.79 Å². The van der Waals surface area contributed by atoms with Crippen LogP contribution in [-0.2, 0) is 4.74 Å². The van der Waals surface area contributed by atoms with Gasteiger partial charge in [-0.15, -0.1) is 0 Å². The van der Waals surface area contributed by atoms with Gasteiger partial charge >= 0.3 is 6.09 Å². The number of nitrogens with zero attached hydrogens (tertiary/aromatic N) is 1. The number of nitrogens with one attached hydrogen (secondary N) is 1. The molecule has 0 radical (unpaired) electrons. The first-order valence-corrected chi connectivity index (χ1v) is 7.94.